The van der Waals surface area contributed by atoms with Gasteiger partial charge in [0.15, 0.2) is 0 Å². The second-order valence-corrected chi connectivity index (χ2v) is 4.05. The molecule has 0 unspecified atom stereocenters. The highest BCUT2D eigenvalue weighted by atomic mass is 16.2. The summed E-state index contributed by atoms with van der Waals surface area (Å²) in [6.07, 6.45) is 3.37. The van der Waals surface area contributed by atoms with E-state index >= 15 is 0 Å². The first-order chi connectivity index (χ1) is 7.63. The van der Waals surface area contributed by atoms with Crippen LogP contribution < -0.4 is 16.6 Å². The molecule has 1 saturated carbocycles. The molecular formula is C10H14N4O2. The topological polar surface area (TPSA) is 90.7 Å². The number of aromatic nitrogens is 2. The van der Waals surface area contributed by atoms with Gasteiger partial charge in [0.25, 0.3) is 5.56 Å². The molecule has 2 rings (SSSR count). The molecule has 16 heavy (non-hydrogen) atoms. The fraction of sp³-hybridized carbons (Fsp3) is 0.500. The third kappa shape index (κ3) is 1.91. The first-order valence-corrected chi connectivity index (χ1v) is 5.21. The lowest BCUT2D eigenvalue weighted by Crippen LogP contribution is -2.33. The molecule has 0 aliphatic heterocycles. The van der Waals surface area contributed by atoms with E-state index in [9.17, 15) is 9.59 Å². The van der Waals surface area contributed by atoms with E-state index in [0.717, 1.165) is 12.8 Å². The van der Waals surface area contributed by atoms with Crippen molar-refractivity contribution in [2.24, 2.45) is 13.0 Å². The first kappa shape index (κ1) is 10.7. The maximum absolute atomic E-state index is 11.6. The number of hydrogen-bond acceptors (Lipinski definition) is 4. The van der Waals surface area contributed by atoms with Crippen molar-refractivity contribution in [1.82, 2.24) is 9.55 Å². The minimum Gasteiger partial charge on any atom is -0.379 e. The van der Waals surface area contributed by atoms with Gasteiger partial charge >= 0.3 is 5.69 Å². The van der Waals surface area contributed by atoms with Gasteiger partial charge in [0, 0.05) is 19.8 Å². The highest BCUT2D eigenvalue weighted by Gasteiger charge is 2.22. The average Bonchev–Trinajstić information content (AvgIpc) is 3.05. The van der Waals surface area contributed by atoms with Crippen molar-refractivity contribution in [2.75, 3.05) is 11.9 Å². The van der Waals surface area contributed by atoms with Crippen molar-refractivity contribution in [1.29, 1.82) is 5.41 Å². The Bertz CT molecular complexity index is 525. The second kappa shape index (κ2) is 3.96. The highest BCUT2D eigenvalue weighted by molar-refractivity contribution is 5.82. The molecule has 0 amide bonds. The van der Waals surface area contributed by atoms with Crippen LogP contribution in [0.5, 0.6) is 0 Å². The van der Waals surface area contributed by atoms with Crippen molar-refractivity contribution in [3.63, 3.8) is 0 Å². The fourth-order valence-corrected chi connectivity index (χ4v) is 1.55. The minimum atomic E-state index is -0.500. The summed E-state index contributed by atoms with van der Waals surface area (Å²) in [4.78, 5) is 25.1. The van der Waals surface area contributed by atoms with Crippen LogP contribution in [0.15, 0.2) is 9.59 Å². The van der Waals surface area contributed by atoms with E-state index in [1.807, 2.05) is 0 Å². The average molecular weight is 222 g/mol. The Hall–Kier alpha value is -1.85. The van der Waals surface area contributed by atoms with Crippen molar-refractivity contribution in [3.05, 3.63) is 26.5 Å². The number of nitrogens with zero attached hydrogens (tertiary/aromatic N) is 1. The van der Waals surface area contributed by atoms with E-state index in [4.69, 9.17) is 5.41 Å². The Labute approximate surface area is 91.8 Å². The molecule has 0 radical (unpaired) electrons. The first-order valence-electron chi connectivity index (χ1n) is 5.21. The lowest BCUT2D eigenvalue weighted by molar-refractivity contribution is 0.787. The van der Waals surface area contributed by atoms with Gasteiger partial charge in [-0.15, -0.1) is 0 Å². The van der Waals surface area contributed by atoms with Crippen molar-refractivity contribution in [2.45, 2.75) is 12.8 Å². The van der Waals surface area contributed by atoms with E-state index < -0.39 is 11.2 Å². The third-order valence-electron chi connectivity index (χ3n) is 2.77. The Balaban J connectivity index is 2.40. The summed E-state index contributed by atoms with van der Waals surface area (Å²) in [6.45, 7) is 0.724. The van der Waals surface area contributed by atoms with Crippen LogP contribution in [0.4, 0.5) is 5.69 Å². The molecule has 1 fully saturated rings. The van der Waals surface area contributed by atoms with Crippen LogP contribution in [-0.4, -0.2) is 22.3 Å². The van der Waals surface area contributed by atoms with Gasteiger partial charge in [-0.2, -0.15) is 0 Å². The van der Waals surface area contributed by atoms with E-state index in [0.29, 0.717) is 17.3 Å². The normalized spacial score (nSPS) is 14.8. The quantitative estimate of drug-likeness (QED) is 0.621. The summed E-state index contributed by atoms with van der Waals surface area (Å²) in [6, 6.07) is 0. The van der Waals surface area contributed by atoms with Gasteiger partial charge in [0.05, 0.1) is 5.69 Å². The van der Waals surface area contributed by atoms with Gasteiger partial charge in [-0.1, -0.05) is 0 Å². The van der Waals surface area contributed by atoms with E-state index in [1.165, 1.54) is 24.5 Å². The molecule has 0 aromatic carbocycles. The maximum Gasteiger partial charge on any atom is 0.328 e. The van der Waals surface area contributed by atoms with E-state index in [-0.39, 0.29) is 0 Å². The van der Waals surface area contributed by atoms with Crippen molar-refractivity contribution < 1.29 is 0 Å². The van der Waals surface area contributed by atoms with Crippen LogP contribution in [0, 0.1) is 11.3 Å². The monoisotopic (exact) mass is 222 g/mol. The van der Waals surface area contributed by atoms with Gasteiger partial charge in [-0.25, -0.2) is 4.79 Å². The molecule has 1 heterocycles. The van der Waals surface area contributed by atoms with Gasteiger partial charge in [-0.05, 0) is 18.8 Å². The number of nitrogens with one attached hydrogen (secondary N) is 3. The zero-order chi connectivity index (χ0) is 11.7. The molecule has 3 N–H and O–H groups in total. The summed E-state index contributed by atoms with van der Waals surface area (Å²) < 4.78 is 1.25. The largest absolute Gasteiger partial charge is 0.379 e. The minimum absolute atomic E-state index is 0.309. The van der Waals surface area contributed by atoms with Crippen LogP contribution in [-0.2, 0) is 7.05 Å². The summed E-state index contributed by atoms with van der Waals surface area (Å²) in [5.41, 5.74) is -0.332. The molecular weight excluding hydrogens is 208 g/mol. The molecule has 1 aliphatic rings. The number of anilines is 1. The van der Waals surface area contributed by atoms with Crippen LogP contribution in [0.3, 0.4) is 0 Å². The Morgan fingerprint density at radius 2 is 2.25 bits per heavy atom. The second-order valence-electron chi connectivity index (χ2n) is 4.05. The number of hydrogen-bond donors (Lipinski definition) is 3. The van der Waals surface area contributed by atoms with Gasteiger partial charge in [0.2, 0.25) is 0 Å². The molecule has 0 saturated heterocycles. The molecule has 6 nitrogen and oxygen atoms in total. The van der Waals surface area contributed by atoms with E-state index in [1.54, 1.807) is 0 Å². The molecule has 0 spiro atoms. The Morgan fingerprint density at radius 1 is 1.56 bits per heavy atom. The standard InChI is InChI=1S/C10H14N4O2/c1-14-7(4-11)8(9(15)13-10(14)16)12-5-6-2-3-6/h4,6,11-12H,2-3,5H2,1H3,(H,13,15,16). The predicted octanol–water partition coefficient (Wildman–Crippen LogP) is -0.107. The summed E-state index contributed by atoms with van der Waals surface area (Å²) in [7, 11) is 1.53. The molecule has 0 bridgehead atoms. The molecule has 6 heteroatoms. The molecule has 0 atom stereocenters. The zero-order valence-corrected chi connectivity index (χ0v) is 9.04. The van der Waals surface area contributed by atoms with Crippen molar-refractivity contribution >= 4 is 11.9 Å². The summed E-state index contributed by atoms with van der Waals surface area (Å²) in [5.74, 6) is 0.621. The zero-order valence-electron chi connectivity index (χ0n) is 9.04. The van der Waals surface area contributed by atoms with Gasteiger partial charge in [-0.3, -0.25) is 14.3 Å². The lowest BCUT2D eigenvalue weighted by Gasteiger charge is -2.10. The number of rotatable bonds is 4. The van der Waals surface area contributed by atoms with Crippen LogP contribution in [0.25, 0.3) is 0 Å². The highest BCUT2D eigenvalue weighted by Crippen LogP contribution is 2.28. The van der Waals surface area contributed by atoms with E-state index in [2.05, 4.69) is 10.3 Å². The van der Waals surface area contributed by atoms with Gasteiger partial charge in [0.1, 0.15) is 5.69 Å². The molecule has 1 aromatic heterocycles. The molecule has 1 aliphatic carbocycles. The maximum atomic E-state index is 11.6. The fourth-order valence-electron chi connectivity index (χ4n) is 1.55. The van der Waals surface area contributed by atoms with Crippen LogP contribution in [0.1, 0.15) is 18.5 Å². The number of aromatic amines is 1. The molecule has 1 aromatic rings. The molecule has 86 valence electrons. The third-order valence-corrected chi connectivity index (χ3v) is 2.77. The summed E-state index contributed by atoms with van der Waals surface area (Å²) >= 11 is 0. The summed E-state index contributed by atoms with van der Waals surface area (Å²) in [5, 5.41) is 10.3. The van der Waals surface area contributed by atoms with Crippen molar-refractivity contribution in [3.8, 4) is 0 Å². The smallest absolute Gasteiger partial charge is 0.328 e. The Kier molecular flexibility index (Phi) is 2.64. The Morgan fingerprint density at radius 3 is 2.81 bits per heavy atom. The van der Waals surface area contributed by atoms with Crippen LogP contribution >= 0.6 is 0 Å². The number of H-pyrrole nitrogens is 1. The van der Waals surface area contributed by atoms with Gasteiger partial charge < -0.3 is 10.7 Å². The van der Waals surface area contributed by atoms with Crippen LogP contribution in [0.2, 0.25) is 0 Å². The SMILES string of the molecule is Cn1c(C=N)c(NCC2CC2)c(=O)[nH]c1=O. The lowest BCUT2D eigenvalue weighted by atomic mass is 10.3. The predicted molar refractivity (Wildman–Crippen MR) is 61.4 cm³/mol.